The molecule has 0 fully saturated rings. The molecule has 3 aromatic rings. The van der Waals surface area contributed by atoms with Crippen molar-refractivity contribution in [3.63, 3.8) is 0 Å². The maximum atomic E-state index is 10.5. The predicted molar refractivity (Wildman–Crippen MR) is 104 cm³/mol. The van der Waals surface area contributed by atoms with Gasteiger partial charge in [0, 0.05) is 35.8 Å². The third kappa shape index (κ3) is 3.66. The number of hydrogen-bond acceptors (Lipinski definition) is 5. The first-order valence-corrected chi connectivity index (χ1v) is 9.28. The number of fused-ring (bicyclic) bond motifs is 1. The Kier molecular flexibility index (Phi) is 4.81. The lowest BCUT2D eigenvalue weighted by molar-refractivity contribution is 0.216. The zero-order valence-electron chi connectivity index (χ0n) is 15.3. The molecule has 2 heterocycles. The molecule has 0 saturated heterocycles. The van der Waals surface area contributed by atoms with Gasteiger partial charge in [-0.3, -0.25) is 4.90 Å². The topological polar surface area (TPSA) is 58.7 Å². The van der Waals surface area contributed by atoms with Crippen LogP contribution >= 0.6 is 11.6 Å². The minimum Gasteiger partial charge on any atom is -0.504 e. The fourth-order valence-corrected chi connectivity index (χ4v) is 3.66. The van der Waals surface area contributed by atoms with Gasteiger partial charge in [-0.25, -0.2) is 0 Å². The molecule has 1 aliphatic rings. The highest BCUT2D eigenvalue weighted by Crippen LogP contribution is 2.38. The SMILES string of the molecule is Cc1noc(C)c1CN1CCOc2c(O)cc(-c3cccc(Cl)c3)cc2C1. The summed E-state index contributed by atoms with van der Waals surface area (Å²) in [6, 6.07) is 11.4. The van der Waals surface area contributed by atoms with Crippen molar-refractivity contribution in [3.05, 3.63) is 64.0 Å². The van der Waals surface area contributed by atoms with Crippen molar-refractivity contribution in [3.8, 4) is 22.6 Å². The van der Waals surface area contributed by atoms with Crippen molar-refractivity contribution in [2.45, 2.75) is 26.9 Å². The average Bonchev–Trinajstić information content (AvgIpc) is 2.83. The lowest BCUT2D eigenvalue weighted by Gasteiger charge is -2.19. The van der Waals surface area contributed by atoms with Crippen LogP contribution in [0.15, 0.2) is 40.9 Å². The van der Waals surface area contributed by atoms with E-state index < -0.39 is 0 Å². The molecule has 1 aromatic heterocycles. The molecule has 0 saturated carbocycles. The smallest absolute Gasteiger partial charge is 0.165 e. The number of phenolic OH excluding ortho intramolecular Hbond substituents is 1. The van der Waals surface area contributed by atoms with Crippen LogP contribution in [0.2, 0.25) is 5.02 Å². The number of nitrogens with zero attached hydrogens (tertiary/aromatic N) is 2. The molecule has 5 nitrogen and oxygen atoms in total. The van der Waals surface area contributed by atoms with Gasteiger partial charge in [0.1, 0.15) is 12.4 Å². The maximum Gasteiger partial charge on any atom is 0.165 e. The van der Waals surface area contributed by atoms with Crippen LogP contribution in [0.3, 0.4) is 0 Å². The number of rotatable bonds is 3. The molecule has 6 heteroatoms. The van der Waals surface area contributed by atoms with Gasteiger partial charge in [-0.15, -0.1) is 0 Å². The van der Waals surface area contributed by atoms with Crippen molar-refractivity contribution in [1.82, 2.24) is 10.1 Å². The number of aromatic hydroxyl groups is 1. The zero-order chi connectivity index (χ0) is 19.0. The molecule has 2 aromatic carbocycles. The largest absolute Gasteiger partial charge is 0.504 e. The Bertz CT molecular complexity index is 964. The minimum absolute atomic E-state index is 0.154. The van der Waals surface area contributed by atoms with Crippen molar-refractivity contribution >= 4 is 11.6 Å². The van der Waals surface area contributed by atoms with Gasteiger partial charge in [0.05, 0.1) is 5.69 Å². The summed E-state index contributed by atoms with van der Waals surface area (Å²) in [5.41, 5.74) is 4.84. The van der Waals surface area contributed by atoms with Crippen LogP contribution in [0.1, 0.15) is 22.6 Å². The Hall–Kier alpha value is -2.50. The van der Waals surface area contributed by atoms with Crippen LogP contribution in [0, 0.1) is 13.8 Å². The Balaban J connectivity index is 1.67. The molecule has 1 N–H and O–H groups in total. The van der Waals surface area contributed by atoms with E-state index in [9.17, 15) is 5.11 Å². The van der Waals surface area contributed by atoms with Crippen LogP contribution in [-0.4, -0.2) is 28.3 Å². The lowest BCUT2D eigenvalue weighted by Crippen LogP contribution is -2.25. The Morgan fingerprint density at radius 3 is 2.78 bits per heavy atom. The molecule has 0 atom stereocenters. The van der Waals surface area contributed by atoms with Gasteiger partial charge >= 0.3 is 0 Å². The monoisotopic (exact) mass is 384 g/mol. The van der Waals surface area contributed by atoms with Crippen LogP contribution < -0.4 is 4.74 Å². The number of hydrogen-bond donors (Lipinski definition) is 1. The highest BCUT2D eigenvalue weighted by Gasteiger charge is 2.22. The number of phenols is 1. The van der Waals surface area contributed by atoms with Crippen LogP contribution in [0.5, 0.6) is 11.5 Å². The number of aromatic nitrogens is 1. The number of ether oxygens (including phenoxy) is 1. The lowest BCUT2D eigenvalue weighted by atomic mass is 10.0. The van der Waals surface area contributed by atoms with E-state index in [0.717, 1.165) is 46.8 Å². The minimum atomic E-state index is 0.154. The van der Waals surface area contributed by atoms with Gasteiger partial charge in [0.2, 0.25) is 0 Å². The molecular weight excluding hydrogens is 364 g/mol. The summed E-state index contributed by atoms with van der Waals surface area (Å²) in [5.74, 6) is 1.55. The number of benzene rings is 2. The van der Waals surface area contributed by atoms with Crippen molar-refractivity contribution in [2.24, 2.45) is 0 Å². The van der Waals surface area contributed by atoms with Gasteiger partial charge < -0.3 is 14.4 Å². The first-order valence-electron chi connectivity index (χ1n) is 8.90. The van der Waals surface area contributed by atoms with Crippen LogP contribution in [0.4, 0.5) is 0 Å². The molecule has 0 radical (unpaired) electrons. The van der Waals surface area contributed by atoms with E-state index in [1.54, 1.807) is 6.07 Å². The number of aryl methyl sites for hydroxylation is 2. The van der Waals surface area contributed by atoms with E-state index in [2.05, 4.69) is 16.1 Å². The summed E-state index contributed by atoms with van der Waals surface area (Å²) in [6.45, 7) is 6.55. The summed E-state index contributed by atoms with van der Waals surface area (Å²) in [4.78, 5) is 2.28. The highest BCUT2D eigenvalue weighted by molar-refractivity contribution is 6.30. The molecule has 0 amide bonds. The Morgan fingerprint density at radius 2 is 2.04 bits per heavy atom. The van der Waals surface area contributed by atoms with Gasteiger partial charge in [0.25, 0.3) is 0 Å². The van der Waals surface area contributed by atoms with Crippen molar-refractivity contribution in [2.75, 3.05) is 13.2 Å². The fourth-order valence-electron chi connectivity index (χ4n) is 3.47. The van der Waals surface area contributed by atoms with E-state index in [1.807, 2.05) is 38.1 Å². The molecule has 0 unspecified atom stereocenters. The Morgan fingerprint density at radius 1 is 1.19 bits per heavy atom. The molecule has 0 spiro atoms. The van der Waals surface area contributed by atoms with Crippen LogP contribution in [0.25, 0.3) is 11.1 Å². The summed E-state index contributed by atoms with van der Waals surface area (Å²) >= 11 is 6.13. The second-order valence-electron chi connectivity index (χ2n) is 6.86. The van der Waals surface area contributed by atoms with E-state index in [0.29, 0.717) is 23.9 Å². The zero-order valence-corrected chi connectivity index (χ0v) is 16.1. The molecule has 27 heavy (non-hydrogen) atoms. The average molecular weight is 385 g/mol. The van der Waals surface area contributed by atoms with E-state index >= 15 is 0 Å². The summed E-state index contributed by atoms with van der Waals surface area (Å²) in [7, 11) is 0. The van der Waals surface area contributed by atoms with E-state index in [4.69, 9.17) is 20.9 Å². The number of halogens is 1. The molecule has 1 aliphatic heterocycles. The van der Waals surface area contributed by atoms with Crippen LogP contribution in [-0.2, 0) is 13.1 Å². The molecular formula is C21H21ClN2O3. The summed E-state index contributed by atoms with van der Waals surface area (Å²) in [5, 5.41) is 15.2. The normalized spacial score (nSPS) is 14.5. The molecule has 0 aliphatic carbocycles. The first-order chi connectivity index (χ1) is 13.0. The van der Waals surface area contributed by atoms with E-state index in [-0.39, 0.29) is 5.75 Å². The van der Waals surface area contributed by atoms with Gasteiger partial charge in [-0.2, -0.15) is 0 Å². The van der Waals surface area contributed by atoms with Crippen molar-refractivity contribution < 1.29 is 14.4 Å². The quantitative estimate of drug-likeness (QED) is 0.708. The first kappa shape index (κ1) is 17.9. The van der Waals surface area contributed by atoms with Crippen molar-refractivity contribution in [1.29, 1.82) is 0 Å². The second kappa shape index (κ2) is 7.25. The standard InChI is InChI=1S/C21H21ClN2O3/c1-13-19(14(2)27-23-13)12-24-6-7-26-21-17(11-24)8-16(10-20(21)25)15-4-3-5-18(22)9-15/h3-5,8-10,25H,6-7,11-12H2,1-2H3. The van der Waals surface area contributed by atoms with Gasteiger partial charge in [0.15, 0.2) is 11.5 Å². The Labute approximate surface area is 163 Å². The molecule has 4 rings (SSSR count). The summed E-state index contributed by atoms with van der Waals surface area (Å²) in [6.07, 6.45) is 0. The third-order valence-electron chi connectivity index (χ3n) is 4.91. The van der Waals surface area contributed by atoms with Gasteiger partial charge in [-0.1, -0.05) is 28.9 Å². The highest BCUT2D eigenvalue weighted by atomic mass is 35.5. The maximum absolute atomic E-state index is 10.5. The molecule has 140 valence electrons. The van der Waals surface area contributed by atoms with Gasteiger partial charge in [-0.05, 0) is 49.2 Å². The molecule has 0 bridgehead atoms. The van der Waals surface area contributed by atoms with E-state index in [1.165, 1.54) is 0 Å². The summed E-state index contributed by atoms with van der Waals surface area (Å²) < 4.78 is 11.1. The fraction of sp³-hybridized carbons (Fsp3) is 0.286. The third-order valence-corrected chi connectivity index (χ3v) is 5.15. The second-order valence-corrected chi connectivity index (χ2v) is 7.29. The predicted octanol–water partition coefficient (Wildman–Crippen LogP) is 4.71.